The van der Waals surface area contributed by atoms with Gasteiger partial charge < -0.3 is 25.9 Å². The predicted molar refractivity (Wildman–Crippen MR) is 124 cm³/mol. The summed E-state index contributed by atoms with van der Waals surface area (Å²) >= 11 is 0. The van der Waals surface area contributed by atoms with Gasteiger partial charge in [0.15, 0.2) is 6.10 Å². The maximum atomic E-state index is 12.7. The van der Waals surface area contributed by atoms with Crippen molar-refractivity contribution in [2.75, 3.05) is 0 Å². The van der Waals surface area contributed by atoms with Crippen LogP contribution in [0.5, 0.6) is 0 Å². The van der Waals surface area contributed by atoms with E-state index >= 15 is 0 Å². The molecule has 170 valence electrons. The Labute approximate surface area is 188 Å². The Bertz CT molecular complexity index is 1030. The number of aliphatic hydroxyl groups is 1. The lowest BCUT2D eigenvalue weighted by Gasteiger charge is -2.26. The van der Waals surface area contributed by atoms with Crippen LogP contribution in [0, 0.1) is 5.92 Å². The Balaban J connectivity index is 1.77. The molecular formula is C25H31N3O4. The van der Waals surface area contributed by atoms with Crippen LogP contribution in [0.4, 0.5) is 0 Å². The highest BCUT2D eigenvalue weighted by molar-refractivity contribution is 5.85. The van der Waals surface area contributed by atoms with E-state index < -0.39 is 30.1 Å². The number of aliphatic hydroxyl groups excluding tert-OH is 1. The Morgan fingerprint density at radius 2 is 1.81 bits per heavy atom. The molecule has 0 bridgehead atoms. The van der Waals surface area contributed by atoms with E-state index in [1.165, 1.54) is 0 Å². The van der Waals surface area contributed by atoms with Crippen LogP contribution in [0.25, 0.3) is 10.9 Å². The molecule has 0 aliphatic heterocycles. The zero-order chi connectivity index (χ0) is 23.1. The number of aromatic amines is 1. The third kappa shape index (κ3) is 5.75. The molecular weight excluding hydrogens is 406 g/mol. The number of carbonyl (C=O) groups excluding carboxylic acids is 2. The fourth-order valence-electron chi connectivity index (χ4n) is 3.55. The zero-order valence-corrected chi connectivity index (χ0v) is 18.5. The highest BCUT2D eigenvalue weighted by Gasteiger charge is 2.32. The number of hydrogen-bond donors (Lipinski definition) is 4. The Kier molecular flexibility index (Phi) is 8.03. The average Bonchev–Trinajstić information content (AvgIpc) is 3.24. The van der Waals surface area contributed by atoms with Gasteiger partial charge in [-0.3, -0.25) is 4.79 Å². The van der Waals surface area contributed by atoms with E-state index in [0.29, 0.717) is 0 Å². The van der Waals surface area contributed by atoms with Gasteiger partial charge in [0.05, 0.1) is 12.1 Å². The van der Waals surface area contributed by atoms with Crippen molar-refractivity contribution in [3.8, 4) is 0 Å². The molecule has 0 fully saturated rings. The molecule has 0 saturated heterocycles. The number of carbonyl (C=O) groups is 2. The van der Waals surface area contributed by atoms with Gasteiger partial charge in [-0.2, -0.15) is 0 Å². The minimum atomic E-state index is -1.54. The highest BCUT2D eigenvalue weighted by atomic mass is 16.5. The van der Waals surface area contributed by atoms with Crippen LogP contribution in [0.2, 0.25) is 0 Å². The van der Waals surface area contributed by atoms with Crippen molar-refractivity contribution in [2.24, 2.45) is 11.7 Å². The van der Waals surface area contributed by atoms with Crippen LogP contribution in [-0.4, -0.2) is 40.2 Å². The smallest absolute Gasteiger partial charge is 0.337 e. The van der Waals surface area contributed by atoms with Gasteiger partial charge in [0, 0.05) is 17.1 Å². The molecule has 0 aliphatic rings. The summed E-state index contributed by atoms with van der Waals surface area (Å²) in [6.45, 7) is 3.89. The third-order valence-corrected chi connectivity index (χ3v) is 5.85. The first-order chi connectivity index (χ1) is 15.4. The van der Waals surface area contributed by atoms with Crippen LogP contribution < -0.4 is 11.1 Å². The number of aromatic nitrogens is 1. The molecule has 3 rings (SSSR count). The van der Waals surface area contributed by atoms with E-state index in [1.54, 1.807) is 0 Å². The second kappa shape index (κ2) is 10.9. The predicted octanol–water partition coefficient (Wildman–Crippen LogP) is 2.67. The first-order valence-electron chi connectivity index (χ1n) is 10.9. The number of hydrogen-bond acceptors (Lipinski definition) is 5. The van der Waals surface area contributed by atoms with E-state index in [2.05, 4.69) is 10.3 Å². The molecule has 0 saturated carbocycles. The summed E-state index contributed by atoms with van der Waals surface area (Å²) in [7, 11) is 0. The fourth-order valence-corrected chi connectivity index (χ4v) is 3.55. The SMILES string of the molecule is CC[C@H](C)[C@H](N)C(=O)N[C@@H](Cc1c[nH]c2ccccc12)C(O)C(=O)OCc1ccccc1. The summed E-state index contributed by atoms with van der Waals surface area (Å²) in [5.41, 5.74) is 8.70. The summed E-state index contributed by atoms with van der Waals surface area (Å²) in [6.07, 6.45) is 1.26. The van der Waals surface area contributed by atoms with Crippen molar-refractivity contribution in [3.63, 3.8) is 0 Å². The summed E-state index contributed by atoms with van der Waals surface area (Å²) in [6, 6.07) is 15.3. The summed E-state index contributed by atoms with van der Waals surface area (Å²) in [5, 5.41) is 14.6. The van der Waals surface area contributed by atoms with Crippen molar-refractivity contribution in [2.45, 2.75) is 51.5 Å². The molecule has 7 heteroatoms. The Morgan fingerprint density at radius 1 is 1.12 bits per heavy atom. The van der Waals surface area contributed by atoms with Gasteiger partial charge in [-0.25, -0.2) is 4.79 Å². The average molecular weight is 438 g/mol. The van der Waals surface area contributed by atoms with E-state index in [-0.39, 0.29) is 18.9 Å². The van der Waals surface area contributed by atoms with E-state index in [9.17, 15) is 14.7 Å². The highest BCUT2D eigenvalue weighted by Crippen LogP contribution is 2.20. The quantitative estimate of drug-likeness (QED) is 0.364. The zero-order valence-electron chi connectivity index (χ0n) is 18.5. The van der Waals surface area contributed by atoms with Crippen LogP contribution in [-0.2, 0) is 27.4 Å². The lowest BCUT2D eigenvalue weighted by atomic mass is 9.97. The molecule has 1 aromatic heterocycles. The lowest BCUT2D eigenvalue weighted by Crippen LogP contribution is -2.54. The van der Waals surface area contributed by atoms with E-state index in [1.807, 2.05) is 74.6 Å². The van der Waals surface area contributed by atoms with Gasteiger partial charge in [-0.05, 0) is 29.5 Å². The molecule has 5 N–H and O–H groups in total. The van der Waals surface area contributed by atoms with E-state index in [0.717, 1.165) is 28.5 Å². The van der Waals surface area contributed by atoms with Gasteiger partial charge in [0.25, 0.3) is 0 Å². The third-order valence-electron chi connectivity index (χ3n) is 5.85. The molecule has 2 aromatic carbocycles. The first kappa shape index (κ1) is 23.5. The number of nitrogens with one attached hydrogen (secondary N) is 2. The maximum absolute atomic E-state index is 12.7. The number of fused-ring (bicyclic) bond motifs is 1. The van der Waals surface area contributed by atoms with Crippen molar-refractivity contribution >= 4 is 22.8 Å². The second-order valence-electron chi connectivity index (χ2n) is 8.13. The molecule has 1 amide bonds. The molecule has 0 spiro atoms. The van der Waals surface area contributed by atoms with Crippen LogP contribution in [0.1, 0.15) is 31.4 Å². The molecule has 7 nitrogen and oxygen atoms in total. The number of esters is 1. The minimum absolute atomic E-state index is 0.0362. The maximum Gasteiger partial charge on any atom is 0.337 e. The van der Waals surface area contributed by atoms with Crippen molar-refractivity contribution in [1.82, 2.24) is 10.3 Å². The van der Waals surface area contributed by atoms with Crippen LogP contribution >= 0.6 is 0 Å². The topological polar surface area (TPSA) is 117 Å². The second-order valence-corrected chi connectivity index (χ2v) is 8.13. The first-order valence-corrected chi connectivity index (χ1v) is 10.9. The summed E-state index contributed by atoms with van der Waals surface area (Å²) < 4.78 is 5.31. The molecule has 1 unspecified atom stereocenters. The number of ether oxygens (including phenoxy) is 1. The summed E-state index contributed by atoms with van der Waals surface area (Å²) in [4.78, 5) is 28.6. The number of nitrogens with two attached hydrogens (primary N) is 1. The van der Waals surface area contributed by atoms with E-state index in [4.69, 9.17) is 10.5 Å². The Morgan fingerprint density at radius 3 is 2.53 bits per heavy atom. The number of benzene rings is 2. The standard InChI is InChI=1S/C25H31N3O4/c1-3-16(2)22(26)24(30)28-21(13-18-14-27-20-12-8-7-11-19(18)20)23(29)25(31)32-15-17-9-5-4-6-10-17/h4-12,14,16,21-23,27,29H,3,13,15,26H2,1-2H3,(H,28,30)/t16-,21-,22-,23?/m0/s1. The summed E-state index contributed by atoms with van der Waals surface area (Å²) in [5.74, 6) is -1.24. The van der Waals surface area contributed by atoms with Gasteiger partial charge in [-0.1, -0.05) is 68.8 Å². The normalized spacial score (nSPS) is 15.0. The van der Waals surface area contributed by atoms with Crippen LogP contribution in [0.3, 0.4) is 0 Å². The van der Waals surface area contributed by atoms with Crippen molar-refractivity contribution < 1.29 is 19.4 Å². The molecule has 0 aliphatic carbocycles. The monoisotopic (exact) mass is 437 g/mol. The minimum Gasteiger partial charge on any atom is -0.459 e. The molecule has 3 aromatic rings. The fraction of sp³-hybridized carbons (Fsp3) is 0.360. The molecule has 0 radical (unpaired) electrons. The van der Waals surface area contributed by atoms with Crippen molar-refractivity contribution in [1.29, 1.82) is 0 Å². The van der Waals surface area contributed by atoms with Crippen LogP contribution in [0.15, 0.2) is 60.8 Å². The van der Waals surface area contributed by atoms with Gasteiger partial charge >= 0.3 is 5.97 Å². The lowest BCUT2D eigenvalue weighted by molar-refractivity contribution is -0.156. The number of para-hydroxylation sites is 1. The molecule has 32 heavy (non-hydrogen) atoms. The number of rotatable bonds is 10. The van der Waals surface area contributed by atoms with Gasteiger partial charge in [-0.15, -0.1) is 0 Å². The largest absolute Gasteiger partial charge is 0.459 e. The molecule has 1 heterocycles. The van der Waals surface area contributed by atoms with Gasteiger partial charge in [0.1, 0.15) is 6.61 Å². The Hall–Kier alpha value is -3.16. The van der Waals surface area contributed by atoms with Crippen molar-refractivity contribution in [3.05, 3.63) is 71.9 Å². The van der Waals surface area contributed by atoms with Gasteiger partial charge in [0.2, 0.25) is 5.91 Å². The molecule has 4 atom stereocenters. The number of amides is 1. The number of H-pyrrole nitrogens is 1.